The quantitative estimate of drug-likeness (QED) is 0.823. The highest BCUT2D eigenvalue weighted by Gasteiger charge is 2.47. The fraction of sp³-hybridized carbons (Fsp3) is 0.882. The van der Waals surface area contributed by atoms with E-state index in [-0.39, 0.29) is 23.6 Å². The summed E-state index contributed by atoms with van der Waals surface area (Å²) in [7, 11) is 0. The van der Waals surface area contributed by atoms with Crippen LogP contribution in [0.4, 0.5) is 0 Å². The zero-order chi connectivity index (χ0) is 15.9. The number of nitrogens with one attached hydrogen (secondary N) is 1. The number of amides is 1. The van der Waals surface area contributed by atoms with E-state index in [9.17, 15) is 15.2 Å². The third-order valence-electron chi connectivity index (χ3n) is 5.89. The summed E-state index contributed by atoms with van der Waals surface area (Å²) in [5, 5.41) is 22.4. The number of hydrogen-bond donors (Lipinski definition) is 2. The molecule has 1 aliphatic heterocycles. The van der Waals surface area contributed by atoms with Crippen LogP contribution in [0.15, 0.2) is 0 Å². The van der Waals surface area contributed by atoms with Crippen LogP contribution < -0.4 is 5.32 Å². The fourth-order valence-corrected chi connectivity index (χ4v) is 4.90. The molecule has 3 rings (SSSR count). The van der Waals surface area contributed by atoms with Crippen molar-refractivity contribution in [3.8, 4) is 6.07 Å². The highest BCUT2D eigenvalue weighted by molar-refractivity contribution is 5.79. The third kappa shape index (κ3) is 3.00. The molecule has 1 saturated heterocycles. The number of nitriles is 1. The lowest BCUT2D eigenvalue weighted by molar-refractivity contribution is -0.130. The number of carbonyl (C=O) groups excluding carboxylic acids is 1. The highest BCUT2D eigenvalue weighted by Crippen LogP contribution is 2.48. The maximum Gasteiger partial charge on any atom is 0.237 e. The standard InChI is InChI=1S/C17H27N3O2/c1-11-3-14(8-18)20(10-11)16(22)9-19-17(2)6-12-4-15(21)5-13(12)7-17/h11-15,19,21H,3-7,9-10H2,1-2H3/t11-,12-,13+,14?,15?,17?/m0/s1. The number of rotatable bonds is 3. The van der Waals surface area contributed by atoms with Gasteiger partial charge in [0.15, 0.2) is 0 Å². The molecule has 122 valence electrons. The zero-order valence-electron chi connectivity index (χ0n) is 13.6. The Hall–Kier alpha value is -1.12. The molecule has 0 bridgehead atoms. The van der Waals surface area contributed by atoms with Gasteiger partial charge in [0.1, 0.15) is 6.04 Å². The molecule has 1 heterocycles. The minimum atomic E-state index is -0.254. The number of carbonyl (C=O) groups is 1. The van der Waals surface area contributed by atoms with E-state index < -0.39 is 0 Å². The molecule has 0 radical (unpaired) electrons. The average Bonchev–Trinajstić information content (AvgIpc) is 3.07. The summed E-state index contributed by atoms with van der Waals surface area (Å²) in [4.78, 5) is 14.2. The van der Waals surface area contributed by atoms with Gasteiger partial charge in [-0.25, -0.2) is 0 Å². The summed E-state index contributed by atoms with van der Waals surface area (Å²) in [6.07, 6.45) is 4.58. The van der Waals surface area contributed by atoms with Crippen LogP contribution in [0.3, 0.4) is 0 Å². The van der Waals surface area contributed by atoms with Gasteiger partial charge in [0.2, 0.25) is 5.91 Å². The number of fused-ring (bicyclic) bond motifs is 1. The first-order valence-electron chi connectivity index (χ1n) is 8.52. The zero-order valence-corrected chi connectivity index (χ0v) is 13.6. The van der Waals surface area contributed by atoms with Crippen LogP contribution in [-0.2, 0) is 4.79 Å². The van der Waals surface area contributed by atoms with E-state index >= 15 is 0 Å². The minimum absolute atomic E-state index is 0.00138. The Morgan fingerprint density at radius 3 is 2.59 bits per heavy atom. The van der Waals surface area contributed by atoms with Crippen molar-refractivity contribution in [2.45, 2.75) is 63.6 Å². The Morgan fingerprint density at radius 1 is 1.36 bits per heavy atom. The lowest BCUT2D eigenvalue weighted by Crippen LogP contribution is -2.48. The molecule has 5 heteroatoms. The molecule has 5 nitrogen and oxygen atoms in total. The minimum Gasteiger partial charge on any atom is -0.393 e. The van der Waals surface area contributed by atoms with Crippen LogP contribution in [0.2, 0.25) is 0 Å². The van der Waals surface area contributed by atoms with Gasteiger partial charge in [-0.2, -0.15) is 5.26 Å². The largest absolute Gasteiger partial charge is 0.393 e. The second-order valence-corrected chi connectivity index (χ2v) is 8.00. The van der Waals surface area contributed by atoms with E-state index in [4.69, 9.17) is 0 Å². The molecule has 1 amide bonds. The topological polar surface area (TPSA) is 76.4 Å². The maximum absolute atomic E-state index is 12.4. The van der Waals surface area contributed by atoms with Gasteiger partial charge in [0.25, 0.3) is 0 Å². The van der Waals surface area contributed by atoms with Gasteiger partial charge in [0, 0.05) is 12.1 Å². The SMILES string of the molecule is C[C@H]1CC(C#N)N(C(=O)CNC2(C)C[C@H]3CC(O)C[C@H]3C2)C1. The summed E-state index contributed by atoms with van der Waals surface area (Å²) in [5.41, 5.74) is -0.00138. The second-order valence-electron chi connectivity index (χ2n) is 8.00. The van der Waals surface area contributed by atoms with Gasteiger partial charge in [-0.1, -0.05) is 6.92 Å². The molecule has 3 unspecified atom stereocenters. The van der Waals surface area contributed by atoms with E-state index in [1.807, 2.05) is 0 Å². The van der Waals surface area contributed by atoms with Gasteiger partial charge in [0.05, 0.1) is 18.7 Å². The molecule has 3 aliphatic rings. The van der Waals surface area contributed by atoms with Crippen molar-refractivity contribution in [3.63, 3.8) is 0 Å². The molecule has 0 aromatic rings. The van der Waals surface area contributed by atoms with E-state index in [0.717, 1.165) is 32.1 Å². The van der Waals surface area contributed by atoms with Gasteiger partial charge in [-0.3, -0.25) is 4.79 Å². The Kier molecular flexibility index (Phi) is 4.17. The molecule has 3 fully saturated rings. The van der Waals surface area contributed by atoms with Gasteiger partial charge in [-0.05, 0) is 56.8 Å². The van der Waals surface area contributed by atoms with Crippen LogP contribution in [-0.4, -0.2) is 46.7 Å². The number of hydrogen-bond acceptors (Lipinski definition) is 4. The van der Waals surface area contributed by atoms with E-state index in [2.05, 4.69) is 25.2 Å². The van der Waals surface area contributed by atoms with Crippen molar-refractivity contribution in [2.75, 3.05) is 13.1 Å². The maximum atomic E-state index is 12.4. The summed E-state index contributed by atoms with van der Waals surface area (Å²) in [6, 6.07) is 2.00. The molecule has 22 heavy (non-hydrogen) atoms. The van der Waals surface area contributed by atoms with Crippen LogP contribution >= 0.6 is 0 Å². The molecule has 0 aromatic heterocycles. The van der Waals surface area contributed by atoms with Crippen molar-refractivity contribution in [3.05, 3.63) is 0 Å². The molecule has 2 saturated carbocycles. The van der Waals surface area contributed by atoms with Crippen molar-refractivity contribution in [2.24, 2.45) is 17.8 Å². The van der Waals surface area contributed by atoms with E-state index in [1.54, 1.807) is 4.90 Å². The van der Waals surface area contributed by atoms with E-state index in [1.165, 1.54) is 0 Å². The van der Waals surface area contributed by atoms with Gasteiger partial charge < -0.3 is 15.3 Å². The summed E-state index contributed by atoms with van der Waals surface area (Å²) in [6.45, 7) is 5.31. The first kappa shape index (κ1) is 15.8. The van der Waals surface area contributed by atoms with Crippen LogP contribution in [0.5, 0.6) is 0 Å². The average molecular weight is 305 g/mol. The van der Waals surface area contributed by atoms with Crippen LogP contribution in [0.25, 0.3) is 0 Å². The Balaban J connectivity index is 1.53. The Morgan fingerprint density at radius 2 is 2.00 bits per heavy atom. The third-order valence-corrected chi connectivity index (χ3v) is 5.89. The summed E-state index contributed by atoms with van der Waals surface area (Å²) in [5.74, 6) is 1.66. The highest BCUT2D eigenvalue weighted by atomic mass is 16.3. The van der Waals surface area contributed by atoms with Crippen LogP contribution in [0.1, 0.15) is 46.0 Å². The molecular formula is C17H27N3O2. The lowest BCUT2D eigenvalue weighted by Gasteiger charge is -2.29. The number of aliphatic hydroxyl groups excluding tert-OH is 1. The predicted molar refractivity (Wildman–Crippen MR) is 82.8 cm³/mol. The first-order chi connectivity index (χ1) is 10.4. The van der Waals surface area contributed by atoms with Crippen LogP contribution in [0, 0.1) is 29.1 Å². The van der Waals surface area contributed by atoms with Crippen molar-refractivity contribution < 1.29 is 9.90 Å². The number of likely N-dealkylation sites (tertiary alicyclic amines) is 1. The van der Waals surface area contributed by atoms with E-state index in [0.29, 0.717) is 30.8 Å². The number of aliphatic hydroxyl groups is 1. The van der Waals surface area contributed by atoms with Crippen molar-refractivity contribution >= 4 is 5.91 Å². The fourth-order valence-electron chi connectivity index (χ4n) is 4.90. The van der Waals surface area contributed by atoms with Gasteiger partial charge in [-0.15, -0.1) is 0 Å². The molecule has 6 atom stereocenters. The summed E-state index contributed by atoms with van der Waals surface area (Å²) < 4.78 is 0. The second kappa shape index (κ2) is 5.82. The smallest absolute Gasteiger partial charge is 0.237 e. The molecule has 2 N–H and O–H groups in total. The van der Waals surface area contributed by atoms with Crippen molar-refractivity contribution in [1.82, 2.24) is 10.2 Å². The molecule has 0 aromatic carbocycles. The molecule has 0 spiro atoms. The number of nitrogens with zero attached hydrogens (tertiary/aromatic N) is 2. The predicted octanol–water partition coefficient (Wildman–Crippen LogP) is 1.28. The summed E-state index contributed by atoms with van der Waals surface area (Å²) >= 11 is 0. The lowest BCUT2D eigenvalue weighted by atomic mass is 9.96. The molecular weight excluding hydrogens is 278 g/mol. The monoisotopic (exact) mass is 305 g/mol. The Labute approximate surface area is 132 Å². The van der Waals surface area contributed by atoms with Gasteiger partial charge >= 0.3 is 0 Å². The normalized spacial score (nSPS) is 44.1. The van der Waals surface area contributed by atoms with Crippen molar-refractivity contribution in [1.29, 1.82) is 5.26 Å². The first-order valence-corrected chi connectivity index (χ1v) is 8.52. The Bertz CT molecular complexity index is 473. The molecule has 2 aliphatic carbocycles.